The number of halogens is 5. The van der Waals surface area contributed by atoms with Gasteiger partial charge in [0.05, 0.1) is 0 Å². The summed E-state index contributed by atoms with van der Waals surface area (Å²) in [5, 5.41) is 0.763. The van der Waals surface area contributed by atoms with Crippen LogP contribution in [0, 0.1) is 29.1 Å². The Labute approximate surface area is 160 Å². The number of aromatic nitrogens is 1. The molecule has 0 unspecified atom stereocenters. The highest BCUT2D eigenvalue weighted by Crippen LogP contribution is 2.42. The minimum absolute atomic E-state index is 0.242. The molecule has 0 N–H and O–H groups in total. The highest BCUT2D eigenvalue weighted by Gasteiger charge is 2.29. The molecule has 0 radical (unpaired) electrons. The Morgan fingerprint density at radius 2 is 1.63 bits per heavy atom. The lowest BCUT2D eigenvalue weighted by Gasteiger charge is -2.22. The summed E-state index contributed by atoms with van der Waals surface area (Å²) in [5.74, 6) is -13.7. The molecule has 3 nitrogen and oxygen atoms in total. The SMILES string of the molecule is CC(C)(CCC(=O)Oc1c(F)c(F)c(F)c(F)c1F)SSc1ccccn1. The molecule has 0 aliphatic rings. The molecule has 1 heterocycles. The molecule has 0 atom stereocenters. The second-order valence-corrected chi connectivity index (χ2v) is 8.82. The fourth-order valence-electron chi connectivity index (χ4n) is 1.84. The highest BCUT2D eigenvalue weighted by molar-refractivity contribution is 8.77. The summed E-state index contributed by atoms with van der Waals surface area (Å²) >= 11 is 0. The van der Waals surface area contributed by atoms with Gasteiger partial charge in [0.1, 0.15) is 5.03 Å². The van der Waals surface area contributed by atoms with Crippen molar-refractivity contribution < 1.29 is 31.5 Å². The number of pyridine rings is 1. The predicted molar refractivity (Wildman–Crippen MR) is 92.9 cm³/mol. The topological polar surface area (TPSA) is 39.2 Å². The van der Waals surface area contributed by atoms with Crippen molar-refractivity contribution in [2.45, 2.75) is 36.5 Å². The quantitative estimate of drug-likeness (QED) is 0.143. The maximum absolute atomic E-state index is 13.5. The van der Waals surface area contributed by atoms with Gasteiger partial charge in [-0.25, -0.2) is 18.2 Å². The zero-order valence-corrected chi connectivity index (χ0v) is 15.8. The lowest BCUT2D eigenvalue weighted by atomic mass is 10.1. The lowest BCUT2D eigenvalue weighted by Crippen LogP contribution is -2.19. The normalized spacial score (nSPS) is 11.5. The van der Waals surface area contributed by atoms with Gasteiger partial charge in [-0.2, -0.15) is 8.78 Å². The van der Waals surface area contributed by atoms with Crippen LogP contribution in [0.2, 0.25) is 0 Å². The molecule has 1 aromatic heterocycles. The number of benzene rings is 1. The molecule has 0 fully saturated rings. The minimum atomic E-state index is -2.31. The molecule has 0 saturated carbocycles. The second-order valence-electron chi connectivity index (χ2n) is 5.97. The Balaban J connectivity index is 1.96. The van der Waals surface area contributed by atoms with E-state index < -0.39 is 45.6 Å². The fourth-order valence-corrected chi connectivity index (χ4v) is 4.05. The van der Waals surface area contributed by atoms with Gasteiger partial charge in [0.25, 0.3) is 0 Å². The van der Waals surface area contributed by atoms with Gasteiger partial charge >= 0.3 is 5.97 Å². The van der Waals surface area contributed by atoms with Crippen molar-refractivity contribution >= 4 is 27.6 Å². The van der Waals surface area contributed by atoms with Gasteiger partial charge < -0.3 is 4.74 Å². The molecule has 0 bridgehead atoms. The summed E-state index contributed by atoms with van der Waals surface area (Å²) in [4.78, 5) is 16.0. The zero-order valence-electron chi connectivity index (χ0n) is 14.2. The molecule has 1 aromatic carbocycles. The maximum atomic E-state index is 13.5. The van der Waals surface area contributed by atoms with Crippen LogP contribution < -0.4 is 4.74 Å². The third-order valence-electron chi connectivity index (χ3n) is 3.31. The molecule has 10 heteroatoms. The van der Waals surface area contributed by atoms with E-state index in [0.717, 1.165) is 5.03 Å². The molecule has 0 amide bonds. The maximum Gasteiger partial charge on any atom is 0.311 e. The molecule has 2 rings (SSSR count). The zero-order chi connectivity index (χ0) is 20.2. The van der Waals surface area contributed by atoms with Crippen molar-refractivity contribution in [3.63, 3.8) is 0 Å². The summed E-state index contributed by atoms with van der Waals surface area (Å²) < 4.78 is 70.2. The number of hydrogen-bond acceptors (Lipinski definition) is 5. The molecule has 0 aliphatic heterocycles. The van der Waals surface area contributed by atoms with Gasteiger partial charge in [-0.3, -0.25) is 4.79 Å². The van der Waals surface area contributed by atoms with Gasteiger partial charge in [0.15, 0.2) is 0 Å². The smallest absolute Gasteiger partial charge is 0.311 e. The Hall–Kier alpha value is -1.81. The molecule has 0 saturated heterocycles. The number of rotatable bonds is 7. The van der Waals surface area contributed by atoms with Crippen molar-refractivity contribution in [3.05, 3.63) is 53.5 Å². The molecule has 27 heavy (non-hydrogen) atoms. The minimum Gasteiger partial charge on any atom is -0.420 e. The van der Waals surface area contributed by atoms with Crippen LogP contribution in [0.4, 0.5) is 22.0 Å². The Morgan fingerprint density at radius 1 is 1.04 bits per heavy atom. The number of carbonyl (C=O) groups excluding carboxylic acids is 1. The summed E-state index contributed by atoms with van der Waals surface area (Å²) in [6.45, 7) is 3.67. The predicted octanol–water partition coefficient (Wildman–Crippen LogP) is 5.68. The van der Waals surface area contributed by atoms with Crippen LogP contribution >= 0.6 is 21.6 Å². The van der Waals surface area contributed by atoms with Crippen LogP contribution in [0.25, 0.3) is 0 Å². The van der Waals surface area contributed by atoms with E-state index in [4.69, 9.17) is 0 Å². The van der Waals surface area contributed by atoms with Crippen LogP contribution in [0.3, 0.4) is 0 Å². The number of carbonyl (C=O) groups is 1. The summed E-state index contributed by atoms with van der Waals surface area (Å²) in [5.41, 5.74) is 0. The van der Waals surface area contributed by atoms with Crippen molar-refractivity contribution in [1.29, 1.82) is 0 Å². The van der Waals surface area contributed by atoms with E-state index in [-0.39, 0.29) is 12.8 Å². The van der Waals surface area contributed by atoms with Gasteiger partial charge in [-0.15, -0.1) is 0 Å². The monoisotopic (exact) mass is 423 g/mol. The number of esters is 1. The molecule has 0 aliphatic carbocycles. The summed E-state index contributed by atoms with van der Waals surface area (Å²) in [6.07, 6.45) is 1.60. The van der Waals surface area contributed by atoms with Crippen LogP contribution in [0.15, 0.2) is 29.4 Å². The number of hydrogen-bond donors (Lipinski definition) is 0. The van der Waals surface area contributed by atoms with E-state index in [1.807, 2.05) is 26.0 Å². The van der Waals surface area contributed by atoms with Crippen molar-refractivity contribution in [1.82, 2.24) is 4.98 Å². The van der Waals surface area contributed by atoms with Gasteiger partial charge in [0.2, 0.25) is 34.8 Å². The van der Waals surface area contributed by atoms with E-state index in [0.29, 0.717) is 0 Å². The third-order valence-corrected chi connectivity index (χ3v) is 6.57. The second kappa shape index (κ2) is 8.92. The molecule has 2 aromatic rings. The first-order valence-electron chi connectivity index (χ1n) is 7.61. The average Bonchev–Trinajstić information content (AvgIpc) is 2.66. The van der Waals surface area contributed by atoms with Crippen molar-refractivity contribution in [2.24, 2.45) is 0 Å². The third kappa shape index (κ3) is 5.58. The van der Waals surface area contributed by atoms with Gasteiger partial charge in [0, 0.05) is 17.4 Å². The van der Waals surface area contributed by atoms with E-state index in [2.05, 4.69) is 9.72 Å². The van der Waals surface area contributed by atoms with E-state index in [9.17, 15) is 26.7 Å². The van der Waals surface area contributed by atoms with E-state index in [1.165, 1.54) is 21.6 Å². The van der Waals surface area contributed by atoms with E-state index in [1.54, 1.807) is 12.3 Å². The van der Waals surface area contributed by atoms with Gasteiger partial charge in [-0.05, 0) is 43.2 Å². The van der Waals surface area contributed by atoms with Crippen LogP contribution in [0.1, 0.15) is 26.7 Å². The van der Waals surface area contributed by atoms with Crippen LogP contribution in [-0.4, -0.2) is 15.7 Å². The average molecular weight is 423 g/mol. The summed E-state index contributed by atoms with van der Waals surface area (Å²) in [6, 6.07) is 5.41. The number of nitrogens with zero attached hydrogens (tertiary/aromatic N) is 1. The highest BCUT2D eigenvalue weighted by atomic mass is 33.1. The Bertz CT molecular complexity index is 805. The van der Waals surface area contributed by atoms with Crippen molar-refractivity contribution in [3.8, 4) is 5.75 Å². The van der Waals surface area contributed by atoms with E-state index >= 15 is 0 Å². The molecule has 0 spiro atoms. The van der Waals surface area contributed by atoms with Crippen LogP contribution in [0.5, 0.6) is 5.75 Å². The Morgan fingerprint density at radius 3 is 2.19 bits per heavy atom. The molecular formula is C17H14F5NO2S2. The lowest BCUT2D eigenvalue weighted by molar-refractivity contribution is -0.135. The first kappa shape index (κ1) is 21.5. The first-order valence-corrected chi connectivity index (χ1v) is 9.76. The number of ether oxygens (including phenoxy) is 1. The molecular weight excluding hydrogens is 409 g/mol. The largest absolute Gasteiger partial charge is 0.420 e. The summed E-state index contributed by atoms with van der Waals surface area (Å²) in [7, 11) is 2.81. The van der Waals surface area contributed by atoms with Gasteiger partial charge in [-0.1, -0.05) is 16.9 Å². The standard InChI is InChI=1S/C17H14F5NO2S2/c1-17(2,27-26-9-5-3-4-8-23-9)7-6-10(24)25-16-14(21)12(19)11(18)13(20)15(16)22/h3-5,8H,6-7H2,1-2H3. The Kier molecular flexibility index (Phi) is 7.10. The van der Waals surface area contributed by atoms with Crippen molar-refractivity contribution in [2.75, 3.05) is 0 Å². The van der Waals surface area contributed by atoms with Crippen LogP contribution in [-0.2, 0) is 4.79 Å². The fraction of sp³-hybridized carbons (Fsp3) is 0.294. The molecule has 146 valence electrons. The first-order chi connectivity index (χ1) is 12.6.